The van der Waals surface area contributed by atoms with Crippen LogP contribution in [0.3, 0.4) is 0 Å². The fraction of sp³-hybridized carbons (Fsp3) is 0.200. The van der Waals surface area contributed by atoms with Crippen molar-refractivity contribution in [2.45, 2.75) is 12.8 Å². The topological polar surface area (TPSA) is 73.9 Å². The van der Waals surface area contributed by atoms with E-state index in [2.05, 4.69) is 17.4 Å². The lowest BCUT2D eigenvalue weighted by Gasteiger charge is -2.15. The predicted octanol–water partition coefficient (Wildman–Crippen LogP) is 4.53. The molecule has 6 nitrogen and oxygen atoms in total. The number of ether oxygens (including phenoxy) is 3. The number of carbonyl (C=O) groups is 2. The molecule has 3 aromatic rings. The first kappa shape index (κ1) is 21.9. The van der Waals surface area contributed by atoms with Crippen LogP contribution >= 0.6 is 0 Å². The van der Waals surface area contributed by atoms with E-state index in [0.29, 0.717) is 23.5 Å². The lowest BCUT2D eigenvalue weighted by Crippen LogP contribution is -2.17. The second-order valence-corrected chi connectivity index (χ2v) is 6.84. The summed E-state index contributed by atoms with van der Waals surface area (Å²) in [6.07, 6.45) is 1.53. The number of amides is 1. The number of rotatable bonds is 8. The first-order valence-electron chi connectivity index (χ1n) is 9.85. The molecule has 3 aromatic carbocycles. The number of methoxy groups -OCH3 is 3. The smallest absolute Gasteiger partial charge is 0.340 e. The first-order chi connectivity index (χ1) is 15.1. The zero-order valence-corrected chi connectivity index (χ0v) is 17.8. The summed E-state index contributed by atoms with van der Waals surface area (Å²) < 4.78 is 15.4. The summed E-state index contributed by atoms with van der Waals surface area (Å²) in [5.74, 6) is -0.151. The quantitative estimate of drug-likeness (QED) is 0.543. The zero-order chi connectivity index (χ0) is 22.2. The maximum absolute atomic E-state index is 13.1. The molecule has 0 aliphatic rings. The van der Waals surface area contributed by atoms with Gasteiger partial charge in [-0.05, 0) is 30.0 Å². The van der Waals surface area contributed by atoms with Crippen molar-refractivity contribution in [3.63, 3.8) is 0 Å². The van der Waals surface area contributed by atoms with E-state index in [4.69, 9.17) is 14.2 Å². The van der Waals surface area contributed by atoms with E-state index in [1.54, 1.807) is 12.1 Å². The molecule has 0 radical (unpaired) electrons. The third-order valence-corrected chi connectivity index (χ3v) is 4.97. The van der Waals surface area contributed by atoms with Crippen LogP contribution in [0.1, 0.15) is 31.8 Å². The van der Waals surface area contributed by atoms with E-state index >= 15 is 0 Å². The lowest BCUT2D eigenvalue weighted by atomic mass is 9.99. The summed E-state index contributed by atoms with van der Waals surface area (Å²) >= 11 is 0. The molecule has 0 saturated carbocycles. The van der Waals surface area contributed by atoms with Crippen molar-refractivity contribution >= 4 is 17.6 Å². The molecular weight excluding hydrogens is 394 g/mol. The van der Waals surface area contributed by atoms with Crippen LogP contribution in [0.25, 0.3) is 0 Å². The van der Waals surface area contributed by atoms with Crippen LogP contribution in [-0.4, -0.2) is 33.2 Å². The second kappa shape index (κ2) is 10.3. The molecule has 6 heteroatoms. The van der Waals surface area contributed by atoms with Gasteiger partial charge in [0.25, 0.3) is 5.91 Å². The Kier molecular flexibility index (Phi) is 7.27. The van der Waals surface area contributed by atoms with Gasteiger partial charge in [-0.2, -0.15) is 0 Å². The monoisotopic (exact) mass is 419 g/mol. The van der Waals surface area contributed by atoms with E-state index in [-0.39, 0.29) is 17.2 Å². The van der Waals surface area contributed by atoms with E-state index in [1.165, 1.54) is 33.0 Å². The van der Waals surface area contributed by atoms with Gasteiger partial charge in [0.15, 0.2) is 11.5 Å². The van der Waals surface area contributed by atoms with Crippen LogP contribution in [-0.2, 0) is 17.6 Å². The van der Waals surface area contributed by atoms with E-state index < -0.39 is 5.97 Å². The Hall–Kier alpha value is -3.80. The van der Waals surface area contributed by atoms with Crippen LogP contribution in [0, 0.1) is 0 Å². The SMILES string of the molecule is COC(=O)c1cc(OC)c(OC)cc1NC(=O)c1ccccc1CCc1ccccc1. The van der Waals surface area contributed by atoms with Crippen molar-refractivity contribution in [2.24, 2.45) is 0 Å². The van der Waals surface area contributed by atoms with Gasteiger partial charge in [-0.1, -0.05) is 48.5 Å². The molecule has 0 fully saturated rings. The standard InChI is InChI=1S/C25H25NO5/c1-29-22-15-20(25(28)31-3)21(16-23(22)30-2)26-24(27)19-12-8-7-11-18(19)14-13-17-9-5-4-6-10-17/h4-12,15-16H,13-14H2,1-3H3,(H,26,27). The third-order valence-electron chi connectivity index (χ3n) is 4.97. The number of benzene rings is 3. The molecule has 0 aromatic heterocycles. The lowest BCUT2D eigenvalue weighted by molar-refractivity contribution is 0.0601. The van der Waals surface area contributed by atoms with Gasteiger partial charge >= 0.3 is 5.97 Å². The summed E-state index contributed by atoms with van der Waals surface area (Å²) in [5, 5.41) is 2.83. The highest BCUT2D eigenvalue weighted by atomic mass is 16.5. The zero-order valence-electron chi connectivity index (χ0n) is 17.8. The van der Waals surface area contributed by atoms with E-state index in [0.717, 1.165) is 12.0 Å². The molecule has 0 bridgehead atoms. The predicted molar refractivity (Wildman–Crippen MR) is 119 cm³/mol. The molecule has 31 heavy (non-hydrogen) atoms. The van der Waals surface area contributed by atoms with Crippen molar-refractivity contribution in [2.75, 3.05) is 26.6 Å². The van der Waals surface area contributed by atoms with Gasteiger partial charge in [0.2, 0.25) is 0 Å². The minimum absolute atomic E-state index is 0.176. The largest absolute Gasteiger partial charge is 0.493 e. The average molecular weight is 419 g/mol. The minimum atomic E-state index is -0.589. The molecular formula is C25H25NO5. The summed E-state index contributed by atoms with van der Waals surface area (Å²) in [6.45, 7) is 0. The van der Waals surface area contributed by atoms with Crippen molar-refractivity contribution in [3.8, 4) is 11.5 Å². The Morgan fingerprint density at radius 1 is 0.774 bits per heavy atom. The molecule has 0 spiro atoms. The molecule has 0 atom stereocenters. The number of hydrogen-bond acceptors (Lipinski definition) is 5. The Labute approximate surface area is 181 Å². The molecule has 0 aliphatic heterocycles. The van der Waals surface area contributed by atoms with Crippen LogP contribution in [0.15, 0.2) is 66.7 Å². The van der Waals surface area contributed by atoms with Gasteiger partial charge in [0.1, 0.15) is 0 Å². The van der Waals surface area contributed by atoms with Crippen LogP contribution in [0.2, 0.25) is 0 Å². The summed E-state index contributed by atoms with van der Waals surface area (Å²) in [5.41, 5.74) is 3.13. The number of anilines is 1. The molecule has 1 amide bonds. The van der Waals surface area contributed by atoms with Gasteiger partial charge in [-0.15, -0.1) is 0 Å². The third kappa shape index (κ3) is 5.22. The maximum atomic E-state index is 13.1. The second-order valence-electron chi connectivity index (χ2n) is 6.84. The number of nitrogens with one attached hydrogen (secondary N) is 1. The molecule has 0 unspecified atom stereocenters. The molecule has 1 N–H and O–H groups in total. The Bertz CT molecular complexity index is 1060. The minimum Gasteiger partial charge on any atom is -0.493 e. The molecule has 3 rings (SSSR count). The highest BCUT2D eigenvalue weighted by Gasteiger charge is 2.20. The fourth-order valence-corrected chi connectivity index (χ4v) is 3.33. The van der Waals surface area contributed by atoms with Crippen molar-refractivity contribution in [3.05, 3.63) is 89.0 Å². The molecule has 0 heterocycles. The normalized spacial score (nSPS) is 10.3. The van der Waals surface area contributed by atoms with Gasteiger partial charge in [0, 0.05) is 17.7 Å². The molecule has 0 aliphatic carbocycles. The molecule has 0 saturated heterocycles. The van der Waals surface area contributed by atoms with Crippen molar-refractivity contribution in [1.82, 2.24) is 0 Å². The number of esters is 1. The van der Waals surface area contributed by atoms with Gasteiger partial charge < -0.3 is 19.5 Å². The van der Waals surface area contributed by atoms with Crippen molar-refractivity contribution < 1.29 is 23.8 Å². The van der Waals surface area contributed by atoms with Crippen LogP contribution in [0.4, 0.5) is 5.69 Å². The van der Waals surface area contributed by atoms with Crippen molar-refractivity contribution in [1.29, 1.82) is 0 Å². The Morgan fingerprint density at radius 2 is 1.42 bits per heavy atom. The van der Waals surface area contributed by atoms with Gasteiger partial charge in [-0.3, -0.25) is 4.79 Å². The average Bonchev–Trinajstić information content (AvgIpc) is 2.82. The van der Waals surface area contributed by atoms with E-state index in [1.807, 2.05) is 36.4 Å². The summed E-state index contributed by atoms with van der Waals surface area (Å²) in [4.78, 5) is 25.4. The van der Waals surface area contributed by atoms with Gasteiger partial charge in [0.05, 0.1) is 32.6 Å². The highest BCUT2D eigenvalue weighted by Crippen LogP contribution is 2.34. The first-order valence-corrected chi connectivity index (χ1v) is 9.85. The fourth-order valence-electron chi connectivity index (χ4n) is 3.33. The Morgan fingerprint density at radius 3 is 2.10 bits per heavy atom. The summed E-state index contributed by atoms with van der Waals surface area (Å²) in [6, 6.07) is 20.6. The molecule has 160 valence electrons. The number of aryl methyl sites for hydroxylation is 2. The highest BCUT2D eigenvalue weighted by molar-refractivity contribution is 6.09. The maximum Gasteiger partial charge on any atom is 0.340 e. The van der Waals surface area contributed by atoms with Crippen LogP contribution < -0.4 is 14.8 Å². The number of hydrogen-bond donors (Lipinski definition) is 1. The number of carbonyl (C=O) groups excluding carboxylic acids is 2. The van der Waals surface area contributed by atoms with Crippen LogP contribution in [0.5, 0.6) is 11.5 Å². The van der Waals surface area contributed by atoms with E-state index in [9.17, 15) is 9.59 Å². The Balaban J connectivity index is 1.88. The summed E-state index contributed by atoms with van der Waals surface area (Å²) in [7, 11) is 4.24. The van der Waals surface area contributed by atoms with Gasteiger partial charge in [-0.25, -0.2) is 4.79 Å².